The SMILES string of the molecule is Clc1ccc(C2=C[C@H](c3ccccc3)[C@H](c3ccco3)C2)cc1. The predicted molar refractivity (Wildman–Crippen MR) is 94.7 cm³/mol. The fraction of sp³-hybridized carbons (Fsp3) is 0.143. The molecule has 2 heteroatoms. The zero-order chi connectivity index (χ0) is 15.6. The molecule has 0 saturated heterocycles. The van der Waals surface area contributed by atoms with E-state index in [0.717, 1.165) is 17.2 Å². The number of furan rings is 1. The van der Waals surface area contributed by atoms with Gasteiger partial charge >= 0.3 is 0 Å². The lowest BCUT2D eigenvalue weighted by Gasteiger charge is -2.17. The lowest BCUT2D eigenvalue weighted by atomic mass is 9.87. The van der Waals surface area contributed by atoms with Crippen molar-refractivity contribution in [3.63, 3.8) is 0 Å². The Balaban J connectivity index is 1.73. The smallest absolute Gasteiger partial charge is 0.108 e. The standard InChI is InChI=1S/C21H17ClO/c22-18-10-8-15(9-11-18)17-13-19(16-5-2-1-3-6-16)20(14-17)21-7-4-12-23-21/h1-13,19-20H,14H2/t19-,20-/m1/s1. The van der Waals surface area contributed by atoms with Crippen molar-refractivity contribution in [3.05, 3.63) is 101 Å². The van der Waals surface area contributed by atoms with E-state index in [1.165, 1.54) is 16.7 Å². The topological polar surface area (TPSA) is 13.1 Å². The molecule has 4 rings (SSSR count). The highest BCUT2D eigenvalue weighted by Gasteiger charge is 2.32. The average Bonchev–Trinajstić information content (AvgIpc) is 3.26. The third kappa shape index (κ3) is 2.85. The van der Waals surface area contributed by atoms with Gasteiger partial charge in [0.25, 0.3) is 0 Å². The van der Waals surface area contributed by atoms with E-state index in [2.05, 4.69) is 54.6 Å². The van der Waals surface area contributed by atoms with Crippen LogP contribution in [0.15, 0.2) is 83.5 Å². The highest BCUT2D eigenvalue weighted by molar-refractivity contribution is 6.30. The van der Waals surface area contributed by atoms with Crippen LogP contribution in [0, 0.1) is 0 Å². The summed E-state index contributed by atoms with van der Waals surface area (Å²) in [7, 11) is 0. The van der Waals surface area contributed by atoms with E-state index in [0.29, 0.717) is 11.8 Å². The summed E-state index contributed by atoms with van der Waals surface area (Å²) < 4.78 is 5.72. The van der Waals surface area contributed by atoms with Crippen LogP contribution in [0.2, 0.25) is 5.02 Å². The number of hydrogen-bond acceptors (Lipinski definition) is 1. The molecule has 0 N–H and O–H groups in total. The summed E-state index contributed by atoms with van der Waals surface area (Å²) in [5.74, 6) is 1.74. The van der Waals surface area contributed by atoms with Crippen LogP contribution in [0.1, 0.15) is 35.1 Å². The summed E-state index contributed by atoms with van der Waals surface area (Å²) in [6.07, 6.45) is 5.12. The van der Waals surface area contributed by atoms with Gasteiger partial charge in [0.2, 0.25) is 0 Å². The Morgan fingerprint density at radius 1 is 0.870 bits per heavy atom. The Bertz CT molecular complexity index is 801. The quantitative estimate of drug-likeness (QED) is 0.553. The van der Waals surface area contributed by atoms with Gasteiger partial charge in [0.05, 0.1) is 6.26 Å². The second-order valence-electron chi connectivity index (χ2n) is 5.96. The first kappa shape index (κ1) is 14.3. The maximum absolute atomic E-state index is 6.02. The summed E-state index contributed by atoms with van der Waals surface area (Å²) in [6, 6.07) is 22.8. The third-order valence-corrected chi connectivity index (χ3v) is 4.81. The fourth-order valence-corrected chi connectivity index (χ4v) is 3.55. The fourth-order valence-electron chi connectivity index (χ4n) is 3.43. The summed E-state index contributed by atoms with van der Waals surface area (Å²) in [5, 5.41) is 0.773. The van der Waals surface area contributed by atoms with Gasteiger partial charge in [-0.1, -0.05) is 60.1 Å². The molecular weight excluding hydrogens is 304 g/mol. The maximum Gasteiger partial charge on any atom is 0.108 e. The first-order valence-electron chi connectivity index (χ1n) is 7.86. The van der Waals surface area contributed by atoms with Crippen LogP contribution in [-0.2, 0) is 0 Å². The van der Waals surface area contributed by atoms with Gasteiger partial charge in [0.15, 0.2) is 0 Å². The Morgan fingerprint density at radius 3 is 2.35 bits per heavy atom. The molecule has 0 aliphatic heterocycles. The normalized spacial score (nSPS) is 20.5. The Kier molecular flexibility index (Phi) is 3.80. The second-order valence-corrected chi connectivity index (χ2v) is 6.40. The van der Waals surface area contributed by atoms with Gasteiger partial charge < -0.3 is 4.42 Å². The number of benzene rings is 2. The molecule has 0 radical (unpaired) electrons. The molecule has 3 aromatic rings. The average molecular weight is 321 g/mol. The first-order chi connectivity index (χ1) is 11.3. The van der Waals surface area contributed by atoms with Gasteiger partial charge in [0, 0.05) is 16.9 Å². The van der Waals surface area contributed by atoms with Crippen LogP contribution in [0.5, 0.6) is 0 Å². The van der Waals surface area contributed by atoms with E-state index < -0.39 is 0 Å². The molecule has 0 saturated carbocycles. The second kappa shape index (κ2) is 6.10. The minimum atomic E-state index is 0.341. The molecule has 2 aromatic carbocycles. The molecule has 114 valence electrons. The van der Waals surface area contributed by atoms with Crippen LogP contribution >= 0.6 is 11.6 Å². The first-order valence-corrected chi connectivity index (χ1v) is 8.24. The highest BCUT2D eigenvalue weighted by Crippen LogP contribution is 2.47. The van der Waals surface area contributed by atoms with Crippen molar-refractivity contribution >= 4 is 17.2 Å². The Morgan fingerprint density at radius 2 is 1.65 bits per heavy atom. The Hall–Kier alpha value is -2.25. The van der Waals surface area contributed by atoms with Gasteiger partial charge in [-0.2, -0.15) is 0 Å². The lowest BCUT2D eigenvalue weighted by Crippen LogP contribution is -2.03. The van der Waals surface area contributed by atoms with Gasteiger partial charge in [-0.05, 0) is 47.4 Å². The van der Waals surface area contributed by atoms with Crippen molar-refractivity contribution in [1.82, 2.24) is 0 Å². The molecule has 0 bridgehead atoms. The van der Waals surface area contributed by atoms with Crippen LogP contribution in [-0.4, -0.2) is 0 Å². The summed E-state index contributed by atoms with van der Waals surface area (Å²) in [4.78, 5) is 0. The molecular formula is C21H17ClO. The molecule has 0 unspecified atom stereocenters. The number of allylic oxidation sites excluding steroid dienone is 2. The summed E-state index contributed by atoms with van der Waals surface area (Å²) in [6.45, 7) is 0. The van der Waals surface area contributed by atoms with Crippen LogP contribution in [0.4, 0.5) is 0 Å². The van der Waals surface area contributed by atoms with E-state index in [-0.39, 0.29) is 0 Å². The van der Waals surface area contributed by atoms with Gasteiger partial charge in [-0.3, -0.25) is 0 Å². The summed E-state index contributed by atoms with van der Waals surface area (Å²) in [5.41, 5.74) is 3.93. The van der Waals surface area contributed by atoms with Crippen LogP contribution in [0.3, 0.4) is 0 Å². The molecule has 1 aromatic heterocycles. The molecule has 0 spiro atoms. The van der Waals surface area contributed by atoms with Crippen LogP contribution < -0.4 is 0 Å². The minimum absolute atomic E-state index is 0.341. The number of hydrogen-bond donors (Lipinski definition) is 0. The molecule has 1 nitrogen and oxygen atoms in total. The lowest BCUT2D eigenvalue weighted by molar-refractivity contribution is 0.454. The van der Waals surface area contributed by atoms with Crippen molar-refractivity contribution < 1.29 is 4.42 Å². The third-order valence-electron chi connectivity index (χ3n) is 4.56. The Labute approximate surface area is 141 Å². The van der Waals surface area contributed by atoms with E-state index in [4.69, 9.17) is 16.0 Å². The highest BCUT2D eigenvalue weighted by atomic mass is 35.5. The summed E-state index contributed by atoms with van der Waals surface area (Å²) >= 11 is 6.02. The molecule has 1 heterocycles. The maximum atomic E-state index is 6.02. The molecule has 0 amide bonds. The van der Waals surface area contributed by atoms with E-state index in [9.17, 15) is 0 Å². The van der Waals surface area contributed by atoms with Crippen molar-refractivity contribution in [1.29, 1.82) is 0 Å². The molecule has 1 aliphatic carbocycles. The van der Waals surface area contributed by atoms with E-state index in [1.807, 2.05) is 18.2 Å². The van der Waals surface area contributed by atoms with Crippen molar-refractivity contribution in [2.45, 2.75) is 18.3 Å². The van der Waals surface area contributed by atoms with Gasteiger partial charge in [-0.15, -0.1) is 0 Å². The van der Waals surface area contributed by atoms with Crippen molar-refractivity contribution in [2.24, 2.45) is 0 Å². The van der Waals surface area contributed by atoms with E-state index in [1.54, 1.807) is 6.26 Å². The van der Waals surface area contributed by atoms with E-state index >= 15 is 0 Å². The van der Waals surface area contributed by atoms with Crippen LogP contribution in [0.25, 0.3) is 5.57 Å². The number of halogens is 1. The largest absolute Gasteiger partial charge is 0.469 e. The molecule has 1 aliphatic rings. The monoisotopic (exact) mass is 320 g/mol. The molecule has 0 fully saturated rings. The van der Waals surface area contributed by atoms with Gasteiger partial charge in [0.1, 0.15) is 5.76 Å². The molecule has 2 atom stereocenters. The molecule has 23 heavy (non-hydrogen) atoms. The van der Waals surface area contributed by atoms with Crippen molar-refractivity contribution in [2.75, 3.05) is 0 Å². The zero-order valence-electron chi connectivity index (χ0n) is 12.7. The predicted octanol–water partition coefficient (Wildman–Crippen LogP) is 6.29. The minimum Gasteiger partial charge on any atom is -0.469 e. The van der Waals surface area contributed by atoms with Crippen molar-refractivity contribution in [3.8, 4) is 0 Å². The van der Waals surface area contributed by atoms with Gasteiger partial charge in [-0.25, -0.2) is 0 Å². The number of rotatable bonds is 3. The zero-order valence-corrected chi connectivity index (χ0v) is 13.4.